The van der Waals surface area contributed by atoms with Crippen LogP contribution in [-0.4, -0.2) is 10.9 Å². The number of carbonyl (C=O) groups is 1. The zero-order chi connectivity index (χ0) is 13.7. The number of hydrogen-bond acceptors (Lipinski definition) is 2. The third-order valence-electron chi connectivity index (χ3n) is 2.67. The molecule has 1 amide bonds. The van der Waals surface area contributed by atoms with Crippen molar-refractivity contribution in [3.63, 3.8) is 0 Å². The molecule has 0 aliphatic rings. The maximum absolute atomic E-state index is 11.8. The van der Waals surface area contributed by atoms with Gasteiger partial charge in [0.05, 0.1) is 0 Å². The first kappa shape index (κ1) is 13.4. The standard InChI is InChI=1S/C14H13ClN2O2/c15-8-10-1-3-11(4-2-10)9-17-14(19)12-5-6-16-13(18)7-12/h1-7H,8-9H2,(H,16,18)(H,17,19). The highest BCUT2D eigenvalue weighted by Crippen LogP contribution is 2.06. The predicted octanol–water partition coefficient (Wildman–Crippen LogP) is 2.04. The second-order valence-electron chi connectivity index (χ2n) is 4.07. The molecule has 0 unspecified atom stereocenters. The topological polar surface area (TPSA) is 62.0 Å². The van der Waals surface area contributed by atoms with Crippen LogP contribution in [0.2, 0.25) is 0 Å². The van der Waals surface area contributed by atoms with Gasteiger partial charge in [-0.05, 0) is 17.2 Å². The van der Waals surface area contributed by atoms with Gasteiger partial charge < -0.3 is 10.3 Å². The van der Waals surface area contributed by atoms with Crippen LogP contribution >= 0.6 is 11.6 Å². The molecule has 0 atom stereocenters. The first-order valence-corrected chi connectivity index (χ1v) is 6.33. The molecule has 1 aromatic carbocycles. The lowest BCUT2D eigenvalue weighted by Crippen LogP contribution is -2.24. The number of amides is 1. The van der Waals surface area contributed by atoms with Gasteiger partial charge in [0.2, 0.25) is 5.56 Å². The molecule has 2 N–H and O–H groups in total. The third kappa shape index (κ3) is 3.69. The van der Waals surface area contributed by atoms with Gasteiger partial charge in [0.15, 0.2) is 0 Å². The van der Waals surface area contributed by atoms with Gasteiger partial charge in [-0.1, -0.05) is 24.3 Å². The molecule has 0 saturated carbocycles. The van der Waals surface area contributed by atoms with Crippen molar-refractivity contribution in [2.45, 2.75) is 12.4 Å². The van der Waals surface area contributed by atoms with Gasteiger partial charge in [-0.15, -0.1) is 11.6 Å². The van der Waals surface area contributed by atoms with E-state index in [-0.39, 0.29) is 11.5 Å². The number of pyridine rings is 1. The van der Waals surface area contributed by atoms with E-state index in [0.717, 1.165) is 11.1 Å². The summed E-state index contributed by atoms with van der Waals surface area (Å²) in [7, 11) is 0. The summed E-state index contributed by atoms with van der Waals surface area (Å²) in [6.07, 6.45) is 1.45. The zero-order valence-electron chi connectivity index (χ0n) is 10.2. The highest BCUT2D eigenvalue weighted by atomic mass is 35.5. The van der Waals surface area contributed by atoms with Crippen LogP contribution in [0.3, 0.4) is 0 Å². The minimum absolute atomic E-state index is 0.271. The quantitative estimate of drug-likeness (QED) is 0.840. The molecule has 1 aromatic heterocycles. The summed E-state index contributed by atoms with van der Waals surface area (Å²) in [5.41, 5.74) is 2.07. The molecule has 2 rings (SSSR count). The average molecular weight is 277 g/mol. The van der Waals surface area contributed by atoms with Crippen LogP contribution in [-0.2, 0) is 12.4 Å². The van der Waals surface area contributed by atoms with Crippen molar-refractivity contribution in [1.82, 2.24) is 10.3 Å². The first-order chi connectivity index (χ1) is 9.19. The number of nitrogens with one attached hydrogen (secondary N) is 2. The second kappa shape index (κ2) is 6.20. The van der Waals surface area contributed by atoms with Gasteiger partial charge in [0.1, 0.15) is 0 Å². The van der Waals surface area contributed by atoms with Gasteiger partial charge in [-0.25, -0.2) is 0 Å². The minimum Gasteiger partial charge on any atom is -0.348 e. The molecule has 0 radical (unpaired) electrons. The molecule has 1 heterocycles. The predicted molar refractivity (Wildman–Crippen MR) is 74.2 cm³/mol. The maximum Gasteiger partial charge on any atom is 0.251 e. The van der Waals surface area contributed by atoms with E-state index >= 15 is 0 Å². The smallest absolute Gasteiger partial charge is 0.251 e. The van der Waals surface area contributed by atoms with Crippen LogP contribution in [0.15, 0.2) is 47.4 Å². The number of aromatic nitrogens is 1. The monoisotopic (exact) mass is 276 g/mol. The van der Waals surface area contributed by atoms with Crippen molar-refractivity contribution in [2.24, 2.45) is 0 Å². The van der Waals surface area contributed by atoms with Crippen molar-refractivity contribution in [2.75, 3.05) is 0 Å². The minimum atomic E-state index is -0.292. The van der Waals surface area contributed by atoms with E-state index in [9.17, 15) is 9.59 Å². The van der Waals surface area contributed by atoms with Crippen LogP contribution in [0, 0.1) is 0 Å². The molecule has 2 aromatic rings. The number of carbonyl (C=O) groups excluding carboxylic acids is 1. The number of benzene rings is 1. The van der Waals surface area contributed by atoms with Gasteiger partial charge >= 0.3 is 0 Å². The Balaban J connectivity index is 1.98. The van der Waals surface area contributed by atoms with E-state index in [1.165, 1.54) is 12.3 Å². The fraction of sp³-hybridized carbons (Fsp3) is 0.143. The molecule has 0 saturated heterocycles. The summed E-state index contributed by atoms with van der Waals surface area (Å²) in [6, 6.07) is 10.5. The molecule has 0 aliphatic heterocycles. The van der Waals surface area contributed by atoms with Crippen LogP contribution in [0.25, 0.3) is 0 Å². The van der Waals surface area contributed by atoms with E-state index in [1.807, 2.05) is 24.3 Å². The van der Waals surface area contributed by atoms with Gasteiger partial charge in [-0.2, -0.15) is 0 Å². The summed E-state index contributed by atoms with van der Waals surface area (Å²) >= 11 is 5.70. The number of alkyl halides is 1. The summed E-state index contributed by atoms with van der Waals surface area (Å²) in [5.74, 6) is 0.201. The summed E-state index contributed by atoms with van der Waals surface area (Å²) in [6.45, 7) is 0.411. The van der Waals surface area contributed by atoms with Crippen molar-refractivity contribution >= 4 is 17.5 Å². The Bertz CT molecular complexity index is 620. The average Bonchev–Trinajstić information content (AvgIpc) is 2.45. The number of halogens is 1. The SMILES string of the molecule is O=C(NCc1ccc(CCl)cc1)c1cc[nH]c(=O)c1. The Morgan fingerprint density at radius 2 is 1.84 bits per heavy atom. The first-order valence-electron chi connectivity index (χ1n) is 5.80. The Labute approximate surface area is 115 Å². The van der Waals surface area contributed by atoms with Crippen molar-refractivity contribution < 1.29 is 4.79 Å². The fourth-order valence-electron chi connectivity index (χ4n) is 1.62. The molecule has 0 bridgehead atoms. The number of aromatic amines is 1. The lowest BCUT2D eigenvalue weighted by molar-refractivity contribution is 0.0950. The number of rotatable bonds is 4. The molecule has 0 spiro atoms. The molecule has 0 aliphatic carbocycles. The van der Waals surface area contributed by atoms with Gasteiger partial charge in [-0.3, -0.25) is 9.59 Å². The zero-order valence-corrected chi connectivity index (χ0v) is 10.9. The van der Waals surface area contributed by atoms with E-state index in [1.54, 1.807) is 6.07 Å². The lowest BCUT2D eigenvalue weighted by atomic mass is 10.1. The number of hydrogen-bond donors (Lipinski definition) is 2. The van der Waals surface area contributed by atoms with Crippen molar-refractivity contribution in [3.05, 3.63) is 69.6 Å². The highest BCUT2D eigenvalue weighted by Gasteiger charge is 2.05. The summed E-state index contributed by atoms with van der Waals surface area (Å²) in [5, 5.41) is 2.76. The third-order valence-corrected chi connectivity index (χ3v) is 2.98. The second-order valence-corrected chi connectivity index (χ2v) is 4.34. The van der Waals surface area contributed by atoms with Crippen LogP contribution in [0.5, 0.6) is 0 Å². The van der Waals surface area contributed by atoms with Gasteiger partial charge in [0.25, 0.3) is 5.91 Å². The van der Waals surface area contributed by atoms with Crippen LogP contribution in [0.4, 0.5) is 0 Å². The molecule has 4 nitrogen and oxygen atoms in total. The molecular formula is C14H13ClN2O2. The van der Waals surface area contributed by atoms with E-state index in [4.69, 9.17) is 11.6 Å². The van der Waals surface area contributed by atoms with Gasteiger partial charge in [0, 0.05) is 30.3 Å². The lowest BCUT2D eigenvalue weighted by Gasteiger charge is -2.05. The molecular weight excluding hydrogens is 264 g/mol. The summed E-state index contributed by atoms with van der Waals surface area (Å²) < 4.78 is 0. The van der Waals surface area contributed by atoms with Crippen molar-refractivity contribution in [1.29, 1.82) is 0 Å². The highest BCUT2D eigenvalue weighted by molar-refractivity contribution is 6.17. The molecule has 19 heavy (non-hydrogen) atoms. The molecule has 0 fully saturated rings. The Morgan fingerprint density at radius 1 is 1.16 bits per heavy atom. The van der Waals surface area contributed by atoms with Crippen LogP contribution in [0.1, 0.15) is 21.5 Å². The Hall–Kier alpha value is -2.07. The molecule has 5 heteroatoms. The fourth-order valence-corrected chi connectivity index (χ4v) is 1.79. The van der Waals surface area contributed by atoms with E-state index < -0.39 is 0 Å². The maximum atomic E-state index is 11.8. The number of H-pyrrole nitrogens is 1. The molecule has 98 valence electrons. The Kier molecular flexibility index (Phi) is 4.36. The normalized spacial score (nSPS) is 10.2. The van der Waals surface area contributed by atoms with Crippen LogP contribution < -0.4 is 10.9 Å². The van der Waals surface area contributed by atoms with Crippen molar-refractivity contribution in [3.8, 4) is 0 Å². The summed E-state index contributed by atoms with van der Waals surface area (Å²) in [4.78, 5) is 25.4. The van der Waals surface area contributed by atoms with E-state index in [0.29, 0.717) is 18.0 Å². The van der Waals surface area contributed by atoms with E-state index in [2.05, 4.69) is 10.3 Å². The Morgan fingerprint density at radius 3 is 2.47 bits per heavy atom. The largest absolute Gasteiger partial charge is 0.348 e.